The Bertz CT molecular complexity index is 823. The van der Waals surface area contributed by atoms with Gasteiger partial charge in [-0.2, -0.15) is 5.10 Å². The minimum atomic E-state index is -2.57. The fourth-order valence-electron chi connectivity index (χ4n) is 3.80. The quantitative estimate of drug-likeness (QED) is 0.847. The molecule has 1 aliphatic heterocycles. The van der Waals surface area contributed by atoms with Gasteiger partial charge in [0, 0.05) is 36.4 Å². The third-order valence-electron chi connectivity index (χ3n) is 5.01. The molecule has 4 rings (SSSR count). The molecule has 122 valence electrons. The van der Waals surface area contributed by atoms with Gasteiger partial charge in [-0.15, -0.1) is 0 Å². The lowest BCUT2D eigenvalue weighted by Crippen LogP contribution is -2.39. The number of aromatic amines is 1. The van der Waals surface area contributed by atoms with Gasteiger partial charge in [-0.3, -0.25) is 4.79 Å². The minimum absolute atomic E-state index is 0.0676. The van der Waals surface area contributed by atoms with Crippen LogP contribution in [0.1, 0.15) is 31.4 Å². The van der Waals surface area contributed by atoms with E-state index < -0.39 is 17.3 Å². The lowest BCUT2D eigenvalue weighted by Gasteiger charge is -2.36. The van der Waals surface area contributed by atoms with Crippen molar-refractivity contribution in [2.45, 2.75) is 44.1 Å². The normalized spacial score (nSPS) is 23.7. The monoisotopic (exact) mass is 323 g/mol. The average molecular weight is 323 g/mol. The SMILES string of the molecule is O=c1[nH]nc2c3c(cc(F)cc13)NC(C1CCC(F)(F)CC1)C2. The van der Waals surface area contributed by atoms with Crippen LogP contribution in [0.4, 0.5) is 18.9 Å². The predicted molar refractivity (Wildman–Crippen MR) is 80.3 cm³/mol. The van der Waals surface area contributed by atoms with E-state index in [0.29, 0.717) is 36.0 Å². The Labute approximate surface area is 130 Å². The number of aromatic nitrogens is 2. The topological polar surface area (TPSA) is 57.8 Å². The molecule has 0 radical (unpaired) electrons. The van der Waals surface area contributed by atoms with Gasteiger partial charge < -0.3 is 5.32 Å². The number of hydrogen-bond acceptors (Lipinski definition) is 3. The van der Waals surface area contributed by atoms with Crippen molar-refractivity contribution in [2.24, 2.45) is 5.92 Å². The first-order chi connectivity index (χ1) is 10.9. The summed E-state index contributed by atoms with van der Waals surface area (Å²) in [5, 5.41) is 10.6. The predicted octanol–water partition coefficient (Wildman–Crippen LogP) is 3.22. The van der Waals surface area contributed by atoms with Gasteiger partial charge in [-0.05, 0) is 30.9 Å². The molecule has 0 amide bonds. The molecule has 1 fully saturated rings. The van der Waals surface area contributed by atoms with E-state index in [1.54, 1.807) is 0 Å². The van der Waals surface area contributed by atoms with Crippen LogP contribution in [0.3, 0.4) is 0 Å². The van der Waals surface area contributed by atoms with E-state index in [2.05, 4.69) is 15.5 Å². The highest BCUT2D eigenvalue weighted by Crippen LogP contribution is 2.41. The molecule has 1 aromatic carbocycles. The summed E-state index contributed by atoms with van der Waals surface area (Å²) >= 11 is 0. The minimum Gasteiger partial charge on any atom is -0.381 e. The van der Waals surface area contributed by atoms with E-state index in [1.807, 2.05) is 0 Å². The van der Waals surface area contributed by atoms with Crippen LogP contribution in [0.25, 0.3) is 10.8 Å². The maximum atomic E-state index is 13.8. The molecule has 2 aromatic rings. The van der Waals surface area contributed by atoms with Gasteiger partial charge in [0.15, 0.2) is 0 Å². The zero-order valence-corrected chi connectivity index (χ0v) is 12.3. The van der Waals surface area contributed by atoms with Crippen molar-refractivity contribution in [1.29, 1.82) is 0 Å². The third kappa shape index (κ3) is 2.48. The molecule has 1 aromatic heterocycles. The molecule has 2 heterocycles. The molecule has 2 N–H and O–H groups in total. The second kappa shape index (κ2) is 4.97. The number of H-pyrrole nitrogens is 1. The highest BCUT2D eigenvalue weighted by atomic mass is 19.3. The third-order valence-corrected chi connectivity index (χ3v) is 5.01. The summed E-state index contributed by atoms with van der Waals surface area (Å²) in [5.41, 5.74) is 0.792. The Morgan fingerprint density at radius 3 is 2.70 bits per heavy atom. The van der Waals surface area contributed by atoms with Gasteiger partial charge in [0.25, 0.3) is 5.56 Å². The maximum absolute atomic E-state index is 13.8. The van der Waals surface area contributed by atoms with Crippen molar-refractivity contribution < 1.29 is 13.2 Å². The maximum Gasteiger partial charge on any atom is 0.272 e. The fraction of sp³-hybridized carbons (Fsp3) is 0.500. The molecule has 0 saturated heterocycles. The average Bonchev–Trinajstić information content (AvgIpc) is 2.50. The summed E-state index contributed by atoms with van der Waals surface area (Å²) in [7, 11) is 0. The highest BCUT2D eigenvalue weighted by Gasteiger charge is 2.39. The number of rotatable bonds is 1. The molecule has 1 unspecified atom stereocenters. The van der Waals surface area contributed by atoms with Crippen LogP contribution >= 0.6 is 0 Å². The lowest BCUT2D eigenvalue weighted by molar-refractivity contribution is -0.0475. The smallest absolute Gasteiger partial charge is 0.272 e. The number of benzene rings is 1. The van der Waals surface area contributed by atoms with Crippen LogP contribution in [0, 0.1) is 11.7 Å². The van der Waals surface area contributed by atoms with E-state index >= 15 is 0 Å². The van der Waals surface area contributed by atoms with E-state index in [0.717, 1.165) is 0 Å². The molecule has 2 aliphatic rings. The molecule has 7 heteroatoms. The van der Waals surface area contributed by atoms with Crippen molar-refractivity contribution in [3.63, 3.8) is 0 Å². The number of anilines is 1. The zero-order valence-electron chi connectivity index (χ0n) is 12.3. The second-order valence-corrected chi connectivity index (χ2v) is 6.52. The van der Waals surface area contributed by atoms with Gasteiger partial charge in [0.05, 0.1) is 11.1 Å². The number of halogens is 3. The Balaban J connectivity index is 1.69. The fourth-order valence-corrected chi connectivity index (χ4v) is 3.80. The number of nitrogens with zero attached hydrogens (tertiary/aromatic N) is 1. The first-order valence-electron chi connectivity index (χ1n) is 7.78. The van der Waals surface area contributed by atoms with Gasteiger partial charge >= 0.3 is 0 Å². The van der Waals surface area contributed by atoms with Crippen LogP contribution in [0.15, 0.2) is 16.9 Å². The number of nitrogens with one attached hydrogen (secondary N) is 2. The summed E-state index contributed by atoms with van der Waals surface area (Å²) < 4.78 is 40.5. The first-order valence-corrected chi connectivity index (χ1v) is 7.78. The molecule has 23 heavy (non-hydrogen) atoms. The van der Waals surface area contributed by atoms with Crippen molar-refractivity contribution >= 4 is 16.5 Å². The summed E-state index contributed by atoms with van der Waals surface area (Å²) in [6, 6.07) is 2.48. The molecule has 1 atom stereocenters. The number of alkyl halides is 2. The van der Waals surface area contributed by atoms with Crippen LogP contribution in [-0.2, 0) is 6.42 Å². The largest absolute Gasteiger partial charge is 0.381 e. The zero-order chi connectivity index (χ0) is 16.2. The first kappa shape index (κ1) is 14.5. The standard InChI is InChI=1S/C16H16F3N3O/c17-9-5-10-14-12(6-9)20-11(7-13(14)21-22-15(10)23)8-1-3-16(18,19)4-2-8/h5-6,8,11,20H,1-4,7H2,(H,22,23). The van der Waals surface area contributed by atoms with Crippen molar-refractivity contribution in [3.05, 3.63) is 34.0 Å². The van der Waals surface area contributed by atoms with E-state index in [1.165, 1.54) is 12.1 Å². The molecule has 0 spiro atoms. The summed E-state index contributed by atoms with van der Waals surface area (Å²) in [6.45, 7) is 0. The summed E-state index contributed by atoms with van der Waals surface area (Å²) in [4.78, 5) is 11.8. The highest BCUT2D eigenvalue weighted by molar-refractivity contribution is 5.96. The lowest BCUT2D eigenvalue weighted by atomic mass is 9.79. The van der Waals surface area contributed by atoms with Gasteiger partial charge in [-0.25, -0.2) is 18.3 Å². The van der Waals surface area contributed by atoms with Crippen LogP contribution in [0.5, 0.6) is 0 Å². The molecule has 0 bridgehead atoms. The molecule has 1 saturated carbocycles. The molecular weight excluding hydrogens is 307 g/mol. The molecule has 4 nitrogen and oxygen atoms in total. The Morgan fingerprint density at radius 1 is 1.22 bits per heavy atom. The van der Waals surface area contributed by atoms with E-state index in [4.69, 9.17) is 0 Å². The van der Waals surface area contributed by atoms with E-state index in [-0.39, 0.29) is 30.2 Å². The van der Waals surface area contributed by atoms with Crippen molar-refractivity contribution in [2.75, 3.05) is 5.32 Å². The van der Waals surface area contributed by atoms with Gasteiger partial charge in [-0.1, -0.05) is 0 Å². The Morgan fingerprint density at radius 2 is 1.96 bits per heavy atom. The van der Waals surface area contributed by atoms with Gasteiger partial charge in [0.2, 0.25) is 5.92 Å². The molecular formula is C16H16F3N3O. The van der Waals surface area contributed by atoms with Crippen molar-refractivity contribution in [1.82, 2.24) is 10.2 Å². The molecule has 1 aliphatic carbocycles. The summed E-state index contributed by atoms with van der Waals surface area (Å²) in [6.07, 6.45) is 1.19. The van der Waals surface area contributed by atoms with E-state index in [9.17, 15) is 18.0 Å². The Hall–Kier alpha value is -2.05. The second-order valence-electron chi connectivity index (χ2n) is 6.52. The van der Waals surface area contributed by atoms with Crippen LogP contribution in [-0.4, -0.2) is 22.2 Å². The number of hydrogen-bond donors (Lipinski definition) is 2. The van der Waals surface area contributed by atoms with Crippen LogP contribution in [0.2, 0.25) is 0 Å². The van der Waals surface area contributed by atoms with Crippen LogP contribution < -0.4 is 10.9 Å². The Kier molecular flexibility index (Phi) is 3.14. The summed E-state index contributed by atoms with van der Waals surface area (Å²) in [5.74, 6) is -2.98. The van der Waals surface area contributed by atoms with Gasteiger partial charge in [0.1, 0.15) is 5.82 Å². The van der Waals surface area contributed by atoms with Crippen molar-refractivity contribution in [3.8, 4) is 0 Å².